The van der Waals surface area contributed by atoms with E-state index in [1.54, 1.807) is 21.0 Å². The van der Waals surface area contributed by atoms with Crippen molar-refractivity contribution in [2.75, 3.05) is 7.11 Å². The summed E-state index contributed by atoms with van der Waals surface area (Å²) in [4.78, 5) is 12.2. The number of Topliss-reactive ketones (excluding diaryl/α,β-unsaturated/α-hetero) is 1. The maximum absolute atomic E-state index is 12.2. The van der Waals surface area contributed by atoms with E-state index in [0.29, 0.717) is 5.56 Å². The Bertz CT molecular complexity index is 556. The molecule has 0 atom stereocenters. The Labute approximate surface area is 101 Å². The van der Waals surface area contributed by atoms with E-state index in [2.05, 4.69) is 0 Å². The van der Waals surface area contributed by atoms with Crippen LogP contribution < -0.4 is 0 Å². The zero-order chi connectivity index (χ0) is 12.5. The van der Waals surface area contributed by atoms with Crippen LogP contribution in [0.4, 0.5) is 0 Å². The Balaban J connectivity index is 2.47. The molecule has 0 heterocycles. The molecule has 0 saturated heterocycles. The lowest BCUT2D eigenvalue weighted by atomic mass is 9.95. The fraction of sp³-hybridized carbons (Fsp3) is 0.267. The number of carbonyl (C=O) groups is 1. The summed E-state index contributed by atoms with van der Waals surface area (Å²) in [5.74, 6) is 0.00533. The second kappa shape index (κ2) is 4.30. The molecule has 2 rings (SSSR count). The van der Waals surface area contributed by atoms with Crippen molar-refractivity contribution in [2.45, 2.75) is 19.4 Å². The summed E-state index contributed by atoms with van der Waals surface area (Å²) < 4.78 is 5.22. The predicted molar refractivity (Wildman–Crippen MR) is 69.4 cm³/mol. The predicted octanol–water partition coefficient (Wildman–Crippen LogP) is 3.45. The fourth-order valence-electron chi connectivity index (χ4n) is 1.77. The maximum atomic E-state index is 12.2. The van der Waals surface area contributed by atoms with Gasteiger partial charge in [0.05, 0.1) is 0 Å². The van der Waals surface area contributed by atoms with Crippen molar-refractivity contribution >= 4 is 16.6 Å². The van der Waals surface area contributed by atoms with Crippen LogP contribution in [0.3, 0.4) is 0 Å². The summed E-state index contributed by atoms with van der Waals surface area (Å²) in [6, 6.07) is 13.7. The number of carbonyl (C=O) groups excluding carboxylic acids is 1. The molecule has 0 fully saturated rings. The zero-order valence-electron chi connectivity index (χ0n) is 10.4. The number of hydrogen-bond donors (Lipinski definition) is 0. The number of hydrogen-bond acceptors (Lipinski definition) is 2. The van der Waals surface area contributed by atoms with Crippen LogP contribution in [0, 0.1) is 0 Å². The van der Waals surface area contributed by atoms with Crippen molar-refractivity contribution < 1.29 is 9.53 Å². The van der Waals surface area contributed by atoms with E-state index in [-0.39, 0.29) is 5.78 Å². The molecule has 0 bridgehead atoms. The molecule has 2 nitrogen and oxygen atoms in total. The van der Waals surface area contributed by atoms with Gasteiger partial charge < -0.3 is 4.74 Å². The molecule has 88 valence electrons. The van der Waals surface area contributed by atoms with Crippen LogP contribution in [-0.2, 0) is 4.74 Å². The summed E-state index contributed by atoms with van der Waals surface area (Å²) >= 11 is 0. The highest BCUT2D eigenvalue weighted by Gasteiger charge is 2.27. The summed E-state index contributed by atoms with van der Waals surface area (Å²) in [7, 11) is 1.55. The molecule has 2 heteroatoms. The van der Waals surface area contributed by atoms with Crippen molar-refractivity contribution in [3.05, 3.63) is 48.0 Å². The number of benzene rings is 2. The van der Waals surface area contributed by atoms with Crippen LogP contribution in [0.1, 0.15) is 24.2 Å². The van der Waals surface area contributed by atoms with Gasteiger partial charge in [0.15, 0.2) is 5.78 Å². The summed E-state index contributed by atoms with van der Waals surface area (Å²) in [5.41, 5.74) is -0.0850. The smallest absolute Gasteiger partial charge is 0.194 e. The minimum atomic E-state index is -0.775. The average molecular weight is 228 g/mol. The van der Waals surface area contributed by atoms with Gasteiger partial charge in [0, 0.05) is 12.7 Å². The number of rotatable bonds is 3. The fourth-order valence-corrected chi connectivity index (χ4v) is 1.77. The van der Waals surface area contributed by atoms with Gasteiger partial charge in [0.2, 0.25) is 0 Å². The Morgan fingerprint density at radius 3 is 2.35 bits per heavy atom. The first-order chi connectivity index (χ1) is 8.04. The summed E-state index contributed by atoms with van der Waals surface area (Å²) in [6.45, 7) is 3.56. The van der Waals surface area contributed by atoms with Gasteiger partial charge in [-0.15, -0.1) is 0 Å². The second-order valence-corrected chi connectivity index (χ2v) is 4.61. The van der Waals surface area contributed by atoms with Crippen molar-refractivity contribution in [2.24, 2.45) is 0 Å². The standard InChI is InChI=1S/C15H16O2/c1-15(2,17-3)14(16)13-9-8-11-6-4-5-7-12(11)10-13/h4-10H,1-3H3. The molecule has 17 heavy (non-hydrogen) atoms. The number of fused-ring (bicyclic) bond motifs is 1. The molecule has 0 aromatic heterocycles. The SMILES string of the molecule is COC(C)(C)C(=O)c1ccc2ccccc2c1. The molecular weight excluding hydrogens is 212 g/mol. The molecule has 0 aliphatic carbocycles. The van der Waals surface area contributed by atoms with Crippen LogP contribution in [0.2, 0.25) is 0 Å². The number of ether oxygens (including phenoxy) is 1. The van der Waals surface area contributed by atoms with Gasteiger partial charge in [-0.2, -0.15) is 0 Å². The van der Waals surface area contributed by atoms with Gasteiger partial charge in [-0.25, -0.2) is 0 Å². The highest BCUT2D eigenvalue weighted by Crippen LogP contribution is 2.21. The molecular formula is C15H16O2. The molecule has 2 aromatic rings. The third kappa shape index (κ3) is 2.22. The Hall–Kier alpha value is -1.67. The molecule has 0 aliphatic rings. The highest BCUT2D eigenvalue weighted by molar-refractivity contribution is 6.04. The van der Waals surface area contributed by atoms with Crippen LogP contribution in [0.25, 0.3) is 10.8 Å². The zero-order valence-corrected chi connectivity index (χ0v) is 10.4. The Kier molecular flexibility index (Phi) is 2.99. The lowest BCUT2D eigenvalue weighted by Crippen LogP contribution is -2.33. The third-order valence-electron chi connectivity index (χ3n) is 3.07. The largest absolute Gasteiger partial charge is 0.371 e. The van der Waals surface area contributed by atoms with Crippen LogP contribution in [-0.4, -0.2) is 18.5 Å². The Morgan fingerprint density at radius 1 is 1.06 bits per heavy atom. The first kappa shape index (κ1) is 11.8. The van der Waals surface area contributed by atoms with Crippen LogP contribution in [0.5, 0.6) is 0 Å². The van der Waals surface area contributed by atoms with Gasteiger partial charge in [0.25, 0.3) is 0 Å². The van der Waals surface area contributed by atoms with Gasteiger partial charge in [0.1, 0.15) is 5.60 Å². The van der Waals surface area contributed by atoms with Crippen molar-refractivity contribution in [1.29, 1.82) is 0 Å². The minimum absolute atomic E-state index is 0.00533. The lowest BCUT2D eigenvalue weighted by Gasteiger charge is -2.21. The number of ketones is 1. The summed E-state index contributed by atoms with van der Waals surface area (Å²) in [5, 5.41) is 2.21. The van der Waals surface area contributed by atoms with Crippen molar-refractivity contribution in [3.8, 4) is 0 Å². The minimum Gasteiger partial charge on any atom is -0.371 e. The van der Waals surface area contributed by atoms with E-state index < -0.39 is 5.60 Å². The first-order valence-corrected chi connectivity index (χ1v) is 5.63. The molecule has 0 amide bonds. The van der Waals surface area contributed by atoms with Gasteiger partial charge in [-0.05, 0) is 30.7 Å². The summed E-state index contributed by atoms with van der Waals surface area (Å²) in [6.07, 6.45) is 0. The molecule has 0 radical (unpaired) electrons. The van der Waals surface area contributed by atoms with E-state index in [1.165, 1.54) is 0 Å². The Morgan fingerprint density at radius 2 is 1.71 bits per heavy atom. The maximum Gasteiger partial charge on any atom is 0.194 e. The topological polar surface area (TPSA) is 26.3 Å². The highest BCUT2D eigenvalue weighted by atomic mass is 16.5. The molecule has 0 saturated carbocycles. The van der Waals surface area contributed by atoms with Crippen LogP contribution in [0.15, 0.2) is 42.5 Å². The van der Waals surface area contributed by atoms with Gasteiger partial charge in [-0.3, -0.25) is 4.79 Å². The van der Waals surface area contributed by atoms with Crippen molar-refractivity contribution in [3.63, 3.8) is 0 Å². The average Bonchev–Trinajstić information content (AvgIpc) is 2.37. The molecule has 0 N–H and O–H groups in total. The van der Waals surface area contributed by atoms with Gasteiger partial charge >= 0.3 is 0 Å². The van der Waals surface area contributed by atoms with E-state index in [1.807, 2.05) is 42.5 Å². The van der Waals surface area contributed by atoms with E-state index >= 15 is 0 Å². The van der Waals surface area contributed by atoms with Gasteiger partial charge in [-0.1, -0.05) is 36.4 Å². The molecule has 0 spiro atoms. The number of methoxy groups -OCH3 is 1. The first-order valence-electron chi connectivity index (χ1n) is 5.63. The monoisotopic (exact) mass is 228 g/mol. The lowest BCUT2D eigenvalue weighted by molar-refractivity contribution is 0.0228. The second-order valence-electron chi connectivity index (χ2n) is 4.61. The third-order valence-corrected chi connectivity index (χ3v) is 3.07. The van der Waals surface area contributed by atoms with Crippen molar-refractivity contribution in [1.82, 2.24) is 0 Å². The quantitative estimate of drug-likeness (QED) is 0.752. The normalized spacial score (nSPS) is 11.7. The van der Waals surface area contributed by atoms with Crippen LogP contribution >= 0.6 is 0 Å². The van der Waals surface area contributed by atoms with E-state index in [9.17, 15) is 4.79 Å². The molecule has 2 aromatic carbocycles. The van der Waals surface area contributed by atoms with E-state index in [0.717, 1.165) is 10.8 Å². The van der Waals surface area contributed by atoms with E-state index in [4.69, 9.17) is 4.74 Å². The molecule has 0 unspecified atom stereocenters. The molecule has 0 aliphatic heterocycles.